The molecule has 0 unspecified atom stereocenters. The van der Waals surface area contributed by atoms with Crippen molar-refractivity contribution in [2.45, 2.75) is 19.4 Å². The molecule has 1 saturated heterocycles. The van der Waals surface area contributed by atoms with Gasteiger partial charge in [0.2, 0.25) is 0 Å². The minimum Gasteiger partial charge on any atom is -0.378 e. The number of nitrogens with one attached hydrogen (secondary N) is 1. The Hall–Kier alpha value is -1.56. The molecule has 2 rings (SSSR count). The van der Waals surface area contributed by atoms with Gasteiger partial charge in [0, 0.05) is 38.6 Å². The smallest absolute Gasteiger partial charge is 0.317 e. The molecule has 0 aliphatic carbocycles. The van der Waals surface area contributed by atoms with Crippen molar-refractivity contribution in [3.8, 4) is 0 Å². The molecule has 2 amide bonds. The molecule has 1 aliphatic rings. The zero-order chi connectivity index (χ0) is 12.6. The highest BCUT2D eigenvalue weighted by Crippen LogP contribution is 1.98. The average Bonchev–Trinajstić information content (AvgIpc) is 2.92. The Morgan fingerprint density at radius 2 is 2.17 bits per heavy atom. The molecular formula is C12H20N4O2. The van der Waals surface area contributed by atoms with Gasteiger partial charge >= 0.3 is 6.03 Å². The van der Waals surface area contributed by atoms with Crippen molar-refractivity contribution in [3.05, 3.63) is 18.7 Å². The van der Waals surface area contributed by atoms with Crippen LogP contribution in [0.2, 0.25) is 0 Å². The third-order valence-electron chi connectivity index (χ3n) is 2.98. The number of rotatable bonds is 5. The fourth-order valence-corrected chi connectivity index (χ4v) is 1.91. The highest BCUT2D eigenvalue weighted by molar-refractivity contribution is 5.74. The lowest BCUT2D eigenvalue weighted by molar-refractivity contribution is 0.0532. The van der Waals surface area contributed by atoms with Crippen molar-refractivity contribution < 1.29 is 9.53 Å². The second-order valence-electron chi connectivity index (χ2n) is 4.34. The van der Waals surface area contributed by atoms with E-state index in [0.29, 0.717) is 26.3 Å². The summed E-state index contributed by atoms with van der Waals surface area (Å²) in [6.45, 7) is 4.36. The van der Waals surface area contributed by atoms with Gasteiger partial charge in [-0.1, -0.05) is 0 Å². The number of ether oxygens (including phenoxy) is 1. The molecular weight excluding hydrogens is 232 g/mol. The lowest BCUT2D eigenvalue weighted by Gasteiger charge is -2.26. The summed E-state index contributed by atoms with van der Waals surface area (Å²) >= 11 is 0. The number of hydrogen-bond donors (Lipinski definition) is 1. The number of unbranched alkanes of at least 4 members (excludes halogenated alkanes) is 1. The summed E-state index contributed by atoms with van der Waals surface area (Å²) in [4.78, 5) is 17.5. The summed E-state index contributed by atoms with van der Waals surface area (Å²) in [7, 11) is 0. The molecule has 0 bridgehead atoms. The standard InChI is InChI=1S/C12H20N4O2/c17-12(16-7-9-18-10-8-16)14-3-1-2-5-15-6-4-13-11-15/h4,6,11H,1-3,5,7-10H2,(H,14,17). The van der Waals surface area contributed by atoms with Crippen molar-refractivity contribution in [3.63, 3.8) is 0 Å². The van der Waals surface area contributed by atoms with Gasteiger partial charge in [-0.3, -0.25) is 0 Å². The number of carbonyl (C=O) groups is 1. The van der Waals surface area contributed by atoms with E-state index >= 15 is 0 Å². The summed E-state index contributed by atoms with van der Waals surface area (Å²) in [6.07, 6.45) is 7.56. The van der Waals surface area contributed by atoms with E-state index < -0.39 is 0 Å². The van der Waals surface area contributed by atoms with E-state index in [0.717, 1.165) is 25.9 Å². The Kier molecular flexibility index (Phi) is 5.01. The predicted octanol–water partition coefficient (Wildman–Crippen LogP) is 0.705. The van der Waals surface area contributed by atoms with Crippen LogP contribution >= 0.6 is 0 Å². The lowest BCUT2D eigenvalue weighted by Crippen LogP contribution is -2.46. The van der Waals surface area contributed by atoms with Gasteiger partial charge in [0.15, 0.2) is 0 Å². The first-order valence-electron chi connectivity index (χ1n) is 6.42. The number of urea groups is 1. The predicted molar refractivity (Wildman–Crippen MR) is 67.3 cm³/mol. The average molecular weight is 252 g/mol. The van der Waals surface area contributed by atoms with E-state index in [1.807, 2.05) is 17.1 Å². The second kappa shape index (κ2) is 7.00. The zero-order valence-electron chi connectivity index (χ0n) is 10.5. The number of carbonyl (C=O) groups excluding carboxylic acids is 1. The van der Waals surface area contributed by atoms with Crippen molar-refractivity contribution in [1.29, 1.82) is 0 Å². The topological polar surface area (TPSA) is 59.4 Å². The molecule has 6 heteroatoms. The van der Waals surface area contributed by atoms with Crippen LogP contribution in [0.3, 0.4) is 0 Å². The molecule has 1 fully saturated rings. The number of morpholine rings is 1. The Balaban J connectivity index is 1.53. The van der Waals surface area contributed by atoms with Gasteiger partial charge in [0.1, 0.15) is 0 Å². The molecule has 1 N–H and O–H groups in total. The molecule has 2 heterocycles. The number of amides is 2. The molecule has 6 nitrogen and oxygen atoms in total. The molecule has 0 saturated carbocycles. The first-order valence-corrected chi connectivity index (χ1v) is 6.42. The van der Waals surface area contributed by atoms with Crippen LogP contribution in [0.1, 0.15) is 12.8 Å². The first kappa shape index (κ1) is 12.9. The van der Waals surface area contributed by atoms with E-state index in [-0.39, 0.29) is 6.03 Å². The largest absolute Gasteiger partial charge is 0.378 e. The molecule has 18 heavy (non-hydrogen) atoms. The Bertz CT molecular complexity index is 347. The van der Waals surface area contributed by atoms with Crippen molar-refractivity contribution in [2.75, 3.05) is 32.8 Å². The maximum atomic E-state index is 11.7. The van der Waals surface area contributed by atoms with Crippen LogP contribution in [0.15, 0.2) is 18.7 Å². The number of hydrogen-bond acceptors (Lipinski definition) is 3. The molecule has 1 aromatic rings. The van der Waals surface area contributed by atoms with Gasteiger partial charge in [-0.2, -0.15) is 0 Å². The van der Waals surface area contributed by atoms with Gasteiger partial charge in [0.25, 0.3) is 0 Å². The molecule has 0 spiro atoms. The maximum Gasteiger partial charge on any atom is 0.317 e. The van der Waals surface area contributed by atoms with Gasteiger partial charge in [-0.25, -0.2) is 9.78 Å². The Morgan fingerprint density at radius 1 is 1.33 bits per heavy atom. The second-order valence-corrected chi connectivity index (χ2v) is 4.34. The third kappa shape index (κ3) is 4.03. The molecule has 0 atom stereocenters. The monoisotopic (exact) mass is 252 g/mol. The summed E-state index contributed by atoms with van der Waals surface area (Å²) in [5.74, 6) is 0. The lowest BCUT2D eigenvalue weighted by atomic mass is 10.3. The Labute approximate surface area is 107 Å². The fourth-order valence-electron chi connectivity index (χ4n) is 1.91. The van der Waals surface area contributed by atoms with Crippen molar-refractivity contribution in [2.24, 2.45) is 0 Å². The third-order valence-corrected chi connectivity index (χ3v) is 2.98. The van der Waals surface area contributed by atoms with Crippen LogP contribution in [0, 0.1) is 0 Å². The fraction of sp³-hybridized carbons (Fsp3) is 0.667. The summed E-state index contributed by atoms with van der Waals surface area (Å²) in [6, 6.07) is 0.0286. The van der Waals surface area contributed by atoms with Crippen molar-refractivity contribution in [1.82, 2.24) is 19.8 Å². The van der Waals surface area contributed by atoms with Gasteiger partial charge in [-0.15, -0.1) is 0 Å². The number of aromatic nitrogens is 2. The maximum absolute atomic E-state index is 11.7. The van der Waals surface area contributed by atoms with Crippen LogP contribution in [-0.2, 0) is 11.3 Å². The Morgan fingerprint density at radius 3 is 2.89 bits per heavy atom. The highest BCUT2D eigenvalue weighted by atomic mass is 16.5. The van der Waals surface area contributed by atoms with E-state index in [9.17, 15) is 4.79 Å². The van der Waals surface area contributed by atoms with E-state index in [2.05, 4.69) is 10.3 Å². The van der Waals surface area contributed by atoms with E-state index in [1.165, 1.54) is 0 Å². The number of nitrogens with zero attached hydrogens (tertiary/aromatic N) is 3. The minimum absolute atomic E-state index is 0.0286. The number of aryl methyl sites for hydroxylation is 1. The minimum atomic E-state index is 0.0286. The van der Waals surface area contributed by atoms with Crippen LogP contribution in [0.4, 0.5) is 4.79 Å². The van der Waals surface area contributed by atoms with Crippen LogP contribution < -0.4 is 5.32 Å². The quantitative estimate of drug-likeness (QED) is 0.785. The van der Waals surface area contributed by atoms with Crippen LogP contribution in [0.25, 0.3) is 0 Å². The highest BCUT2D eigenvalue weighted by Gasteiger charge is 2.15. The van der Waals surface area contributed by atoms with Crippen LogP contribution in [0.5, 0.6) is 0 Å². The zero-order valence-corrected chi connectivity index (χ0v) is 10.5. The van der Waals surface area contributed by atoms with E-state index in [1.54, 1.807) is 11.1 Å². The van der Waals surface area contributed by atoms with Crippen molar-refractivity contribution >= 4 is 6.03 Å². The molecule has 0 radical (unpaired) electrons. The summed E-state index contributed by atoms with van der Waals surface area (Å²) in [5.41, 5.74) is 0. The van der Waals surface area contributed by atoms with Gasteiger partial charge < -0.3 is 19.5 Å². The number of imidazole rings is 1. The molecule has 1 aliphatic heterocycles. The summed E-state index contributed by atoms with van der Waals surface area (Å²) < 4.78 is 7.25. The van der Waals surface area contributed by atoms with Crippen LogP contribution in [-0.4, -0.2) is 53.3 Å². The van der Waals surface area contributed by atoms with Gasteiger partial charge in [-0.05, 0) is 12.8 Å². The molecule has 100 valence electrons. The SMILES string of the molecule is O=C(NCCCCn1ccnc1)N1CCOCC1. The first-order chi connectivity index (χ1) is 8.86. The normalized spacial score (nSPS) is 15.7. The van der Waals surface area contributed by atoms with E-state index in [4.69, 9.17) is 4.74 Å². The molecule has 1 aromatic heterocycles. The molecule has 0 aromatic carbocycles. The summed E-state index contributed by atoms with van der Waals surface area (Å²) in [5, 5.41) is 2.94. The van der Waals surface area contributed by atoms with Gasteiger partial charge in [0.05, 0.1) is 19.5 Å².